The van der Waals surface area contributed by atoms with Crippen LogP contribution in [0.4, 0.5) is 0 Å². The van der Waals surface area contributed by atoms with E-state index in [9.17, 15) is 9.59 Å². The van der Waals surface area contributed by atoms with Crippen LogP contribution in [0.25, 0.3) is 0 Å². The number of esters is 1. The topological polar surface area (TPSA) is 55.8 Å². The summed E-state index contributed by atoms with van der Waals surface area (Å²) in [5.74, 6) is -0.281. The third kappa shape index (κ3) is 3.98. The molecule has 0 aromatic rings. The summed E-state index contributed by atoms with van der Waals surface area (Å²) in [5.41, 5.74) is 0. The molecule has 1 rings (SSSR count). The molecular formula is C13H23NO4. The SMILES string of the molecule is COC(=O)[C@H]1CCCCN1C(=O)CCC(C)OC. The molecule has 2 atom stereocenters. The van der Waals surface area contributed by atoms with E-state index in [1.807, 2.05) is 6.92 Å². The van der Waals surface area contributed by atoms with Crippen molar-refractivity contribution in [3.63, 3.8) is 0 Å². The lowest BCUT2D eigenvalue weighted by atomic mass is 10.0. The lowest BCUT2D eigenvalue weighted by molar-refractivity contribution is -0.154. The van der Waals surface area contributed by atoms with Gasteiger partial charge in [0.05, 0.1) is 13.2 Å². The Morgan fingerprint density at radius 2 is 2.06 bits per heavy atom. The van der Waals surface area contributed by atoms with Crippen LogP contribution in [0.3, 0.4) is 0 Å². The van der Waals surface area contributed by atoms with Crippen LogP contribution in [0.5, 0.6) is 0 Å². The van der Waals surface area contributed by atoms with E-state index in [-0.39, 0.29) is 18.0 Å². The minimum Gasteiger partial charge on any atom is -0.467 e. The zero-order chi connectivity index (χ0) is 13.5. The number of nitrogens with zero attached hydrogens (tertiary/aromatic N) is 1. The van der Waals surface area contributed by atoms with E-state index in [0.717, 1.165) is 12.8 Å². The number of carbonyl (C=O) groups excluding carboxylic acids is 2. The number of hydrogen-bond donors (Lipinski definition) is 0. The van der Waals surface area contributed by atoms with Crippen molar-refractivity contribution in [3.8, 4) is 0 Å². The lowest BCUT2D eigenvalue weighted by Crippen LogP contribution is -2.48. The first-order valence-corrected chi connectivity index (χ1v) is 6.50. The first kappa shape index (κ1) is 15.0. The zero-order valence-electron chi connectivity index (χ0n) is 11.5. The minimum atomic E-state index is -0.394. The zero-order valence-corrected chi connectivity index (χ0v) is 11.5. The predicted molar refractivity (Wildman–Crippen MR) is 67.1 cm³/mol. The van der Waals surface area contributed by atoms with Crippen LogP contribution >= 0.6 is 0 Å². The van der Waals surface area contributed by atoms with Crippen molar-refractivity contribution >= 4 is 11.9 Å². The summed E-state index contributed by atoms with van der Waals surface area (Å²) in [6.07, 6.45) is 3.80. The van der Waals surface area contributed by atoms with E-state index in [4.69, 9.17) is 9.47 Å². The summed E-state index contributed by atoms with van der Waals surface area (Å²) >= 11 is 0. The summed E-state index contributed by atoms with van der Waals surface area (Å²) in [7, 11) is 3.00. The van der Waals surface area contributed by atoms with Gasteiger partial charge in [0.15, 0.2) is 0 Å². The number of hydrogen-bond acceptors (Lipinski definition) is 4. The van der Waals surface area contributed by atoms with E-state index < -0.39 is 6.04 Å². The van der Waals surface area contributed by atoms with Crippen LogP contribution in [-0.4, -0.2) is 49.7 Å². The van der Waals surface area contributed by atoms with Gasteiger partial charge in [-0.3, -0.25) is 4.79 Å². The summed E-state index contributed by atoms with van der Waals surface area (Å²) in [6.45, 7) is 2.58. The number of rotatable bonds is 5. The smallest absolute Gasteiger partial charge is 0.328 e. The standard InChI is InChI=1S/C13H23NO4/c1-10(17-2)7-8-12(15)14-9-5-4-6-11(14)13(16)18-3/h10-11H,4-9H2,1-3H3/t10?,11-/m1/s1. The molecule has 1 aliphatic rings. The Bertz CT molecular complexity index is 293. The molecule has 1 unspecified atom stereocenters. The molecule has 0 radical (unpaired) electrons. The number of piperidine rings is 1. The van der Waals surface area contributed by atoms with E-state index in [1.54, 1.807) is 12.0 Å². The molecule has 1 aliphatic heterocycles. The van der Waals surface area contributed by atoms with Crippen LogP contribution in [0.2, 0.25) is 0 Å². The molecule has 18 heavy (non-hydrogen) atoms. The van der Waals surface area contributed by atoms with Crippen LogP contribution in [0.1, 0.15) is 39.0 Å². The fourth-order valence-corrected chi connectivity index (χ4v) is 2.20. The Labute approximate surface area is 108 Å². The van der Waals surface area contributed by atoms with Gasteiger partial charge in [-0.2, -0.15) is 0 Å². The van der Waals surface area contributed by atoms with E-state index >= 15 is 0 Å². The Balaban J connectivity index is 2.54. The van der Waals surface area contributed by atoms with Gasteiger partial charge in [-0.15, -0.1) is 0 Å². The summed E-state index contributed by atoms with van der Waals surface area (Å²) in [6, 6.07) is -0.394. The fraction of sp³-hybridized carbons (Fsp3) is 0.846. The Hall–Kier alpha value is -1.10. The van der Waals surface area contributed by atoms with E-state index in [2.05, 4.69) is 0 Å². The molecule has 1 heterocycles. The molecule has 1 saturated heterocycles. The molecule has 0 N–H and O–H groups in total. The van der Waals surface area contributed by atoms with Crippen molar-refractivity contribution < 1.29 is 19.1 Å². The molecule has 5 nitrogen and oxygen atoms in total. The highest BCUT2D eigenvalue weighted by atomic mass is 16.5. The first-order valence-electron chi connectivity index (χ1n) is 6.50. The first-order chi connectivity index (χ1) is 8.60. The van der Waals surface area contributed by atoms with Gasteiger partial charge in [-0.25, -0.2) is 4.79 Å². The summed E-state index contributed by atoms with van der Waals surface area (Å²) < 4.78 is 9.88. The molecule has 0 spiro atoms. The number of ether oxygens (including phenoxy) is 2. The minimum absolute atomic E-state index is 0.0222. The number of carbonyl (C=O) groups is 2. The number of amides is 1. The second-order valence-corrected chi connectivity index (χ2v) is 4.71. The molecule has 0 bridgehead atoms. The van der Waals surface area contributed by atoms with Gasteiger partial charge in [-0.1, -0.05) is 0 Å². The van der Waals surface area contributed by atoms with Gasteiger partial charge in [-0.05, 0) is 32.6 Å². The fourth-order valence-electron chi connectivity index (χ4n) is 2.20. The third-order valence-electron chi connectivity index (χ3n) is 3.46. The van der Waals surface area contributed by atoms with Crippen molar-refractivity contribution in [2.24, 2.45) is 0 Å². The molecule has 0 saturated carbocycles. The predicted octanol–water partition coefficient (Wildman–Crippen LogP) is 1.36. The quantitative estimate of drug-likeness (QED) is 0.698. The van der Waals surface area contributed by atoms with Gasteiger partial charge >= 0.3 is 5.97 Å². The molecule has 0 aliphatic carbocycles. The average Bonchev–Trinajstić information content (AvgIpc) is 2.43. The molecule has 0 aromatic heterocycles. The highest BCUT2D eigenvalue weighted by Crippen LogP contribution is 2.19. The molecule has 1 amide bonds. The summed E-state index contributed by atoms with van der Waals surface area (Å²) in [4.78, 5) is 25.4. The van der Waals surface area contributed by atoms with Crippen molar-refractivity contribution in [2.75, 3.05) is 20.8 Å². The van der Waals surface area contributed by atoms with Crippen molar-refractivity contribution in [2.45, 2.75) is 51.2 Å². The van der Waals surface area contributed by atoms with Gasteiger partial charge in [0.2, 0.25) is 5.91 Å². The molecule has 104 valence electrons. The molecule has 1 fully saturated rings. The second kappa shape index (κ2) is 7.36. The van der Waals surface area contributed by atoms with Gasteiger partial charge in [0.25, 0.3) is 0 Å². The Morgan fingerprint density at radius 3 is 2.67 bits per heavy atom. The average molecular weight is 257 g/mol. The van der Waals surface area contributed by atoms with Gasteiger partial charge in [0.1, 0.15) is 6.04 Å². The Kier molecular flexibility index (Phi) is 6.12. The maximum Gasteiger partial charge on any atom is 0.328 e. The van der Waals surface area contributed by atoms with E-state index in [1.165, 1.54) is 7.11 Å². The third-order valence-corrected chi connectivity index (χ3v) is 3.46. The Morgan fingerprint density at radius 1 is 1.33 bits per heavy atom. The summed E-state index contributed by atoms with van der Waals surface area (Å²) in [5, 5.41) is 0. The molecular weight excluding hydrogens is 234 g/mol. The lowest BCUT2D eigenvalue weighted by Gasteiger charge is -2.34. The van der Waals surface area contributed by atoms with Crippen molar-refractivity contribution in [1.82, 2.24) is 4.90 Å². The van der Waals surface area contributed by atoms with Gasteiger partial charge in [0, 0.05) is 20.1 Å². The number of likely N-dealkylation sites (tertiary alicyclic amines) is 1. The van der Waals surface area contributed by atoms with Crippen LogP contribution in [0.15, 0.2) is 0 Å². The highest BCUT2D eigenvalue weighted by molar-refractivity contribution is 5.84. The maximum absolute atomic E-state index is 12.1. The largest absolute Gasteiger partial charge is 0.467 e. The van der Waals surface area contributed by atoms with Gasteiger partial charge < -0.3 is 14.4 Å². The van der Waals surface area contributed by atoms with Crippen LogP contribution in [0, 0.1) is 0 Å². The van der Waals surface area contributed by atoms with Crippen LogP contribution < -0.4 is 0 Å². The van der Waals surface area contributed by atoms with Crippen LogP contribution in [-0.2, 0) is 19.1 Å². The molecule has 5 heteroatoms. The van der Waals surface area contributed by atoms with Crippen molar-refractivity contribution in [3.05, 3.63) is 0 Å². The van der Waals surface area contributed by atoms with Crippen molar-refractivity contribution in [1.29, 1.82) is 0 Å². The maximum atomic E-state index is 12.1. The normalized spacial score (nSPS) is 21.5. The second-order valence-electron chi connectivity index (χ2n) is 4.71. The van der Waals surface area contributed by atoms with E-state index in [0.29, 0.717) is 25.8 Å². The monoisotopic (exact) mass is 257 g/mol. The molecule has 0 aromatic carbocycles. The highest BCUT2D eigenvalue weighted by Gasteiger charge is 2.32. The number of methoxy groups -OCH3 is 2.